The van der Waals surface area contributed by atoms with Crippen LogP contribution in [0.5, 0.6) is 0 Å². The third kappa shape index (κ3) is 6.72. The molecule has 2 aromatic rings. The minimum Gasteiger partial charge on any atom is -0.459 e. The van der Waals surface area contributed by atoms with Crippen LogP contribution in [-0.2, 0) is 20.9 Å². The largest absolute Gasteiger partial charge is 0.459 e. The minimum absolute atomic E-state index is 0.166. The Balaban J connectivity index is 1.82. The number of rotatable bonds is 8. The highest BCUT2D eigenvalue weighted by molar-refractivity contribution is 5.90. The van der Waals surface area contributed by atoms with Crippen molar-refractivity contribution in [3.05, 3.63) is 77.9 Å². The summed E-state index contributed by atoms with van der Waals surface area (Å²) >= 11 is 0. The molecule has 0 spiro atoms. The van der Waals surface area contributed by atoms with Gasteiger partial charge in [0.05, 0.1) is 5.54 Å². The Kier molecular flexibility index (Phi) is 7.32. The summed E-state index contributed by atoms with van der Waals surface area (Å²) in [5.74, 6) is -0.896. The van der Waals surface area contributed by atoms with E-state index in [9.17, 15) is 9.59 Å². The van der Waals surface area contributed by atoms with Gasteiger partial charge in [-0.2, -0.15) is 0 Å². The van der Waals surface area contributed by atoms with Crippen LogP contribution in [0.1, 0.15) is 31.4 Å². The molecule has 27 heavy (non-hydrogen) atoms. The molecule has 2 atom stereocenters. The molecule has 5 nitrogen and oxygen atoms in total. The maximum absolute atomic E-state index is 12.4. The summed E-state index contributed by atoms with van der Waals surface area (Å²) in [6, 6.07) is 18.4. The molecule has 0 aliphatic carbocycles. The Hall–Kier alpha value is -2.92. The normalized spacial score (nSPS) is 14.3. The summed E-state index contributed by atoms with van der Waals surface area (Å²) in [5.41, 5.74) is 6.92. The van der Waals surface area contributed by atoms with Crippen molar-refractivity contribution < 1.29 is 14.3 Å². The smallest absolute Gasteiger partial charge is 0.328 e. The predicted molar refractivity (Wildman–Crippen MR) is 107 cm³/mol. The van der Waals surface area contributed by atoms with Gasteiger partial charge in [0.15, 0.2) is 0 Å². The molecular formula is C22H26N2O3. The van der Waals surface area contributed by atoms with E-state index >= 15 is 0 Å². The molecule has 142 valence electrons. The summed E-state index contributed by atoms with van der Waals surface area (Å²) in [4.78, 5) is 24.5. The van der Waals surface area contributed by atoms with Crippen LogP contribution in [0.25, 0.3) is 6.08 Å². The van der Waals surface area contributed by atoms with Gasteiger partial charge in [-0.15, -0.1) is 0 Å². The summed E-state index contributed by atoms with van der Waals surface area (Å²) < 4.78 is 5.23. The van der Waals surface area contributed by atoms with Crippen LogP contribution in [0, 0.1) is 0 Å². The Morgan fingerprint density at radius 1 is 1.11 bits per heavy atom. The van der Waals surface area contributed by atoms with E-state index in [0.717, 1.165) is 11.1 Å². The van der Waals surface area contributed by atoms with Crippen molar-refractivity contribution in [2.75, 3.05) is 0 Å². The van der Waals surface area contributed by atoms with Crippen LogP contribution in [0.3, 0.4) is 0 Å². The summed E-state index contributed by atoms with van der Waals surface area (Å²) in [6.45, 7) is 3.39. The quantitative estimate of drug-likeness (QED) is 0.704. The van der Waals surface area contributed by atoms with E-state index in [2.05, 4.69) is 5.32 Å². The van der Waals surface area contributed by atoms with Crippen molar-refractivity contribution in [3.8, 4) is 0 Å². The van der Waals surface area contributed by atoms with Gasteiger partial charge in [0, 0.05) is 0 Å². The molecular weight excluding hydrogens is 340 g/mol. The molecule has 0 fully saturated rings. The van der Waals surface area contributed by atoms with Gasteiger partial charge >= 0.3 is 5.97 Å². The molecule has 3 N–H and O–H groups in total. The minimum atomic E-state index is -1.13. The zero-order valence-electron chi connectivity index (χ0n) is 15.7. The van der Waals surface area contributed by atoms with Gasteiger partial charge in [-0.05, 0) is 31.4 Å². The van der Waals surface area contributed by atoms with Crippen LogP contribution < -0.4 is 11.1 Å². The van der Waals surface area contributed by atoms with Crippen molar-refractivity contribution in [2.24, 2.45) is 5.73 Å². The van der Waals surface area contributed by atoms with Crippen molar-refractivity contribution in [1.82, 2.24) is 5.32 Å². The SMILES string of the molecule is C[C@H](NC(=O)[C@@](C)(N)C/C=C/c1ccccc1)C(=O)OCc1ccccc1. The molecule has 2 rings (SSSR count). The van der Waals surface area contributed by atoms with Crippen molar-refractivity contribution >= 4 is 18.0 Å². The third-order valence-electron chi connectivity index (χ3n) is 4.10. The standard InChI is InChI=1S/C22H26N2O3/c1-17(20(25)27-16-19-12-7-4-8-13-19)24-21(26)22(2,23)15-9-14-18-10-5-3-6-11-18/h3-14,17H,15-16,23H2,1-2H3,(H,24,26)/b14-9+/t17-,22-/m0/s1. The number of carbonyl (C=O) groups is 2. The molecule has 0 saturated carbocycles. The number of esters is 1. The number of benzene rings is 2. The average Bonchev–Trinajstić information content (AvgIpc) is 2.67. The van der Waals surface area contributed by atoms with Crippen LogP contribution in [0.15, 0.2) is 66.7 Å². The lowest BCUT2D eigenvalue weighted by atomic mass is 9.97. The Morgan fingerprint density at radius 2 is 1.70 bits per heavy atom. The maximum Gasteiger partial charge on any atom is 0.328 e. The second kappa shape index (κ2) is 9.69. The molecule has 0 unspecified atom stereocenters. The Morgan fingerprint density at radius 3 is 2.33 bits per heavy atom. The van der Waals surface area contributed by atoms with Crippen LogP contribution >= 0.6 is 0 Å². The molecule has 5 heteroatoms. The van der Waals surface area contributed by atoms with Gasteiger partial charge in [0.1, 0.15) is 12.6 Å². The first kappa shape index (κ1) is 20.4. The number of hydrogen-bond donors (Lipinski definition) is 2. The van der Waals surface area contributed by atoms with Crippen molar-refractivity contribution in [2.45, 2.75) is 38.5 Å². The van der Waals surface area contributed by atoms with Gasteiger partial charge < -0.3 is 15.8 Å². The van der Waals surface area contributed by atoms with E-state index in [1.54, 1.807) is 13.8 Å². The first-order valence-electron chi connectivity index (χ1n) is 8.90. The fraction of sp³-hybridized carbons (Fsp3) is 0.273. The van der Waals surface area contributed by atoms with Gasteiger partial charge in [-0.3, -0.25) is 4.79 Å². The lowest BCUT2D eigenvalue weighted by Crippen LogP contribution is -2.55. The zero-order chi connectivity index (χ0) is 19.7. The lowest BCUT2D eigenvalue weighted by Gasteiger charge is -2.24. The summed E-state index contributed by atoms with van der Waals surface area (Å²) in [5, 5.41) is 2.63. The van der Waals surface area contributed by atoms with Crippen molar-refractivity contribution in [3.63, 3.8) is 0 Å². The Bertz CT molecular complexity index is 771. The van der Waals surface area contributed by atoms with Crippen molar-refractivity contribution in [1.29, 1.82) is 0 Å². The zero-order valence-corrected chi connectivity index (χ0v) is 15.7. The Labute approximate surface area is 160 Å². The summed E-state index contributed by atoms with van der Waals surface area (Å²) in [6.07, 6.45) is 4.11. The molecule has 0 aliphatic heterocycles. The van der Waals surface area contributed by atoms with E-state index in [1.165, 1.54) is 0 Å². The van der Waals surface area contributed by atoms with E-state index < -0.39 is 23.5 Å². The number of hydrogen-bond acceptors (Lipinski definition) is 4. The molecule has 0 aliphatic rings. The number of nitrogens with two attached hydrogens (primary N) is 1. The maximum atomic E-state index is 12.4. The molecule has 2 aromatic carbocycles. The van der Waals surface area contributed by atoms with Crippen LogP contribution in [0.4, 0.5) is 0 Å². The first-order chi connectivity index (χ1) is 12.9. The van der Waals surface area contributed by atoms with Gasteiger partial charge in [0.25, 0.3) is 0 Å². The number of ether oxygens (including phenoxy) is 1. The topological polar surface area (TPSA) is 81.4 Å². The molecule has 0 saturated heterocycles. The number of nitrogens with one attached hydrogen (secondary N) is 1. The average molecular weight is 366 g/mol. The number of carbonyl (C=O) groups excluding carboxylic acids is 2. The fourth-order valence-electron chi connectivity index (χ4n) is 2.37. The van der Waals surface area contributed by atoms with Gasteiger partial charge in [-0.25, -0.2) is 4.79 Å². The molecule has 0 heterocycles. The molecule has 0 bridgehead atoms. The highest BCUT2D eigenvalue weighted by Gasteiger charge is 2.29. The molecule has 0 aromatic heterocycles. The second-order valence-corrected chi connectivity index (χ2v) is 6.72. The molecule has 0 radical (unpaired) electrons. The summed E-state index contributed by atoms with van der Waals surface area (Å²) in [7, 11) is 0. The van der Waals surface area contributed by atoms with E-state index in [-0.39, 0.29) is 6.61 Å². The number of amides is 1. The van der Waals surface area contributed by atoms with E-state index in [4.69, 9.17) is 10.5 Å². The van der Waals surface area contributed by atoms with E-state index in [1.807, 2.05) is 72.8 Å². The van der Waals surface area contributed by atoms with Gasteiger partial charge in [-0.1, -0.05) is 72.8 Å². The monoisotopic (exact) mass is 366 g/mol. The fourth-order valence-corrected chi connectivity index (χ4v) is 2.37. The van der Waals surface area contributed by atoms with Gasteiger partial charge in [0.2, 0.25) is 5.91 Å². The second-order valence-electron chi connectivity index (χ2n) is 6.72. The predicted octanol–water partition coefficient (Wildman–Crippen LogP) is 3.06. The van der Waals surface area contributed by atoms with Crippen LogP contribution in [-0.4, -0.2) is 23.5 Å². The first-order valence-corrected chi connectivity index (χ1v) is 8.90. The van der Waals surface area contributed by atoms with E-state index in [0.29, 0.717) is 6.42 Å². The highest BCUT2D eigenvalue weighted by atomic mass is 16.5. The van der Waals surface area contributed by atoms with Crippen LogP contribution in [0.2, 0.25) is 0 Å². The third-order valence-corrected chi connectivity index (χ3v) is 4.10. The lowest BCUT2D eigenvalue weighted by molar-refractivity contribution is -0.149. The highest BCUT2D eigenvalue weighted by Crippen LogP contribution is 2.11. The molecule has 1 amide bonds.